The van der Waals surface area contributed by atoms with Crippen molar-refractivity contribution in [2.45, 2.75) is 0 Å². The highest BCUT2D eigenvalue weighted by Crippen LogP contribution is 2.18. The summed E-state index contributed by atoms with van der Waals surface area (Å²) in [7, 11) is 3.24. The SMILES string of the molecule is CNc1nc(Cl)ncc1NOC. The molecule has 1 aromatic rings. The number of aromatic nitrogens is 2. The lowest BCUT2D eigenvalue weighted by atomic mass is 10.5. The molecule has 0 aliphatic carbocycles. The molecular weight excluding hydrogens is 180 g/mol. The van der Waals surface area contributed by atoms with Gasteiger partial charge in [0.05, 0.1) is 13.3 Å². The Morgan fingerprint density at radius 3 is 2.92 bits per heavy atom. The third kappa shape index (κ3) is 1.96. The Morgan fingerprint density at radius 2 is 2.33 bits per heavy atom. The van der Waals surface area contributed by atoms with Gasteiger partial charge in [-0.2, -0.15) is 4.98 Å². The van der Waals surface area contributed by atoms with Crippen molar-refractivity contribution in [2.24, 2.45) is 0 Å². The Hall–Kier alpha value is -1.07. The van der Waals surface area contributed by atoms with Crippen LogP contribution >= 0.6 is 11.6 Å². The summed E-state index contributed by atoms with van der Waals surface area (Å²) in [6.45, 7) is 0. The fourth-order valence-corrected chi connectivity index (χ4v) is 0.869. The van der Waals surface area contributed by atoms with Crippen molar-refractivity contribution in [3.05, 3.63) is 11.5 Å². The first-order valence-electron chi connectivity index (χ1n) is 3.27. The van der Waals surface area contributed by atoms with Crippen LogP contribution in [0.5, 0.6) is 0 Å². The molecule has 0 unspecified atom stereocenters. The molecule has 0 saturated heterocycles. The average Bonchev–Trinajstić information content (AvgIpc) is 2.08. The predicted molar refractivity (Wildman–Crippen MR) is 47.2 cm³/mol. The highest BCUT2D eigenvalue weighted by Gasteiger charge is 2.02. The molecule has 0 amide bonds. The van der Waals surface area contributed by atoms with Crippen LogP contribution in [0, 0.1) is 0 Å². The zero-order valence-electron chi connectivity index (χ0n) is 6.76. The van der Waals surface area contributed by atoms with E-state index >= 15 is 0 Å². The summed E-state index contributed by atoms with van der Waals surface area (Å²) in [6, 6.07) is 0. The van der Waals surface area contributed by atoms with Crippen LogP contribution in [-0.4, -0.2) is 24.1 Å². The van der Waals surface area contributed by atoms with E-state index in [0.29, 0.717) is 11.5 Å². The summed E-state index contributed by atoms with van der Waals surface area (Å²) in [4.78, 5) is 12.4. The number of nitrogens with one attached hydrogen (secondary N) is 2. The van der Waals surface area contributed by atoms with E-state index in [-0.39, 0.29) is 5.28 Å². The molecule has 0 aliphatic heterocycles. The van der Waals surface area contributed by atoms with Crippen LogP contribution in [0.25, 0.3) is 0 Å². The van der Waals surface area contributed by atoms with Crippen molar-refractivity contribution in [1.29, 1.82) is 0 Å². The first-order chi connectivity index (χ1) is 5.77. The van der Waals surface area contributed by atoms with E-state index in [1.807, 2.05) is 0 Å². The number of halogens is 1. The molecular formula is C6H9ClN4O. The molecule has 2 N–H and O–H groups in total. The summed E-state index contributed by atoms with van der Waals surface area (Å²) in [5.41, 5.74) is 3.25. The molecule has 66 valence electrons. The van der Waals surface area contributed by atoms with Crippen LogP contribution in [0.2, 0.25) is 5.28 Å². The molecule has 0 atom stereocenters. The van der Waals surface area contributed by atoms with E-state index in [9.17, 15) is 0 Å². The Labute approximate surface area is 75.1 Å². The van der Waals surface area contributed by atoms with E-state index in [1.54, 1.807) is 7.05 Å². The normalized spacial score (nSPS) is 9.58. The second-order valence-electron chi connectivity index (χ2n) is 1.96. The molecule has 0 aliphatic rings. The van der Waals surface area contributed by atoms with Crippen molar-refractivity contribution in [2.75, 3.05) is 25.0 Å². The van der Waals surface area contributed by atoms with Crippen molar-refractivity contribution < 1.29 is 4.84 Å². The van der Waals surface area contributed by atoms with E-state index in [2.05, 4.69) is 20.8 Å². The maximum Gasteiger partial charge on any atom is 0.224 e. The van der Waals surface area contributed by atoms with Crippen LogP contribution < -0.4 is 10.8 Å². The zero-order valence-corrected chi connectivity index (χ0v) is 7.51. The second-order valence-corrected chi connectivity index (χ2v) is 2.30. The van der Waals surface area contributed by atoms with E-state index in [0.717, 1.165) is 0 Å². The van der Waals surface area contributed by atoms with Gasteiger partial charge in [-0.3, -0.25) is 10.3 Å². The smallest absolute Gasteiger partial charge is 0.224 e. The highest BCUT2D eigenvalue weighted by molar-refractivity contribution is 6.28. The topological polar surface area (TPSA) is 59.1 Å². The lowest BCUT2D eigenvalue weighted by Gasteiger charge is -2.07. The second kappa shape index (κ2) is 4.08. The van der Waals surface area contributed by atoms with E-state index < -0.39 is 0 Å². The Morgan fingerprint density at radius 1 is 1.58 bits per heavy atom. The summed E-state index contributed by atoms with van der Waals surface area (Å²) >= 11 is 5.56. The van der Waals surface area contributed by atoms with Gasteiger partial charge in [0.1, 0.15) is 5.69 Å². The molecule has 0 bridgehead atoms. The van der Waals surface area contributed by atoms with Gasteiger partial charge in [0.2, 0.25) is 5.28 Å². The fourth-order valence-electron chi connectivity index (χ4n) is 0.736. The number of hydrogen-bond donors (Lipinski definition) is 2. The molecule has 1 rings (SSSR count). The van der Waals surface area contributed by atoms with Crippen LogP contribution in [-0.2, 0) is 4.84 Å². The molecule has 0 aromatic carbocycles. The van der Waals surface area contributed by atoms with Crippen LogP contribution in [0.1, 0.15) is 0 Å². The van der Waals surface area contributed by atoms with Crippen LogP contribution in [0.3, 0.4) is 0 Å². The summed E-state index contributed by atoms with van der Waals surface area (Å²) < 4.78 is 0. The molecule has 0 radical (unpaired) electrons. The third-order valence-electron chi connectivity index (χ3n) is 1.21. The van der Waals surface area contributed by atoms with Gasteiger partial charge in [0.25, 0.3) is 0 Å². The van der Waals surface area contributed by atoms with Gasteiger partial charge < -0.3 is 5.32 Å². The van der Waals surface area contributed by atoms with E-state index in [4.69, 9.17) is 16.4 Å². The van der Waals surface area contributed by atoms with Crippen molar-refractivity contribution >= 4 is 23.1 Å². The minimum Gasteiger partial charge on any atom is -0.371 e. The number of nitrogens with zero attached hydrogens (tertiary/aromatic N) is 2. The summed E-state index contributed by atoms with van der Waals surface area (Å²) in [6.07, 6.45) is 1.53. The molecule has 12 heavy (non-hydrogen) atoms. The maximum absolute atomic E-state index is 5.56. The fraction of sp³-hybridized carbons (Fsp3) is 0.333. The minimum atomic E-state index is 0.195. The first-order valence-corrected chi connectivity index (χ1v) is 3.65. The number of anilines is 2. The predicted octanol–water partition coefficient (Wildman–Crippen LogP) is 1.14. The monoisotopic (exact) mass is 188 g/mol. The molecule has 0 saturated carbocycles. The molecule has 1 aromatic heterocycles. The van der Waals surface area contributed by atoms with Crippen LogP contribution in [0.15, 0.2) is 6.20 Å². The highest BCUT2D eigenvalue weighted by atomic mass is 35.5. The van der Waals surface area contributed by atoms with E-state index in [1.165, 1.54) is 13.3 Å². The average molecular weight is 189 g/mol. The standard InChI is InChI=1S/C6H9ClN4O/c1-8-5-4(11-12-2)3-9-6(7)10-5/h3,11H,1-2H3,(H,8,9,10). The lowest BCUT2D eigenvalue weighted by Crippen LogP contribution is -2.03. The molecule has 0 spiro atoms. The van der Waals surface area contributed by atoms with Gasteiger partial charge in [0, 0.05) is 7.05 Å². The first kappa shape index (κ1) is 9.02. The Bertz CT molecular complexity index is 268. The molecule has 1 heterocycles. The van der Waals surface area contributed by atoms with Crippen molar-refractivity contribution in [1.82, 2.24) is 9.97 Å². The van der Waals surface area contributed by atoms with Crippen molar-refractivity contribution in [3.8, 4) is 0 Å². The van der Waals surface area contributed by atoms with Gasteiger partial charge in [-0.1, -0.05) is 0 Å². The minimum absolute atomic E-state index is 0.195. The molecule has 5 nitrogen and oxygen atoms in total. The van der Waals surface area contributed by atoms with Crippen molar-refractivity contribution in [3.63, 3.8) is 0 Å². The Balaban J connectivity index is 2.94. The summed E-state index contributed by atoms with van der Waals surface area (Å²) in [5, 5.41) is 3.04. The molecule has 6 heteroatoms. The largest absolute Gasteiger partial charge is 0.371 e. The molecule has 0 fully saturated rings. The van der Waals surface area contributed by atoms with Gasteiger partial charge in [-0.15, -0.1) is 0 Å². The quantitative estimate of drug-likeness (QED) is 0.551. The lowest BCUT2D eigenvalue weighted by molar-refractivity contribution is 0.271. The van der Waals surface area contributed by atoms with Gasteiger partial charge in [-0.25, -0.2) is 4.98 Å². The van der Waals surface area contributed by atoms with Gasteiger partial charge in [0.15, 0.2) is 5.82 Å². The van der Waals surface area contributed by atoms with Crippen LogP contribution in [0.4, 0.5) is 11.5 Å². The summed E-state index contributed by atoms with van der Waals surface area (Å²) in [5.74, 6) is 0.594. The maximum atomic E-state index is 5.56. The number of hydrogen-bond acceptors (Lipinski definition) is 5. The number of rotatable bonds is 3. The third-order valence-corrected chi connectivity index (χ3v) is 1.39. The zero-order chi connectivity index (χ0) is 8.97. The Kier molecular flexibility index (Phi) is 3.07. The van der Waals surface area contributed by atoms with Gasteiger partial charge >= 0.3 is 0 Å². The van der Waals surface area contributed by atoms with Gasteiger partial charge in [-0.05, 0) is 11.6 Å².